The Kier molecular flexibility index (Phi) is 9.84. The Morgan fingerprint density at radius 1 is 1.35 bits per heavy atom. The highest BCUT2D eigenvalue weighted by atomic mass is 127. The maximum Gasteiger partial charge on any atom is 0.191 e. The van der Waals surface area contributed by atoms with Gasteiger partial charge in [0.2, 0.25) is 0 Å². The van der Waals surface area contributed by atoms with Crippen LogP contribution in [-0.4, -0.2) is 30.7 Å². The van der Waals surface area contributed by atoms with Gasteiger partial charge in [0.05, 0.1) is 6.54 Å². The number of hydrogen-bond donors (Lipinski definition) is 3. The van der Waals surface area contributed by atoms with Gasteiger partial charge in [-0.25, -0.2) is 9.38 Å². The van der Waals surface area contributed by atoms with Crippen LogP contribution in [0.15, 0.2) is 40.7 Å². The van der Waals surface area contributed by atoms with Crippen molar-refractivity contribution in [3.63, 3.8) is 0 Å². The second kappa shape index (κ2) is 11.1. The summed E-state index contributed by atoms with van der Waals surface area (Å²) in [6, 6.07) is 8.21. The predicted octanol–water partition coefficient (Wildman–Crippen LogP) is 4.16. The van der Waals surface area contributed by atoms with Crippen molar-refractivity contribution in [2.75, 3.05) is 19.6 Å². The molecule has 0 saturated carbocycles. The number of rotatable bonds is 7. The molecule has 1 aromatic heterocycles. The van der Waals surface area contributed by atoms with Crippen LogP contribution in [0, 0.1) is 5.82 Å². The van der Waals surface area contributed by atoms with E-state index in [1.165, 1.54) is 23.5 Å². The zero-order valence-corrected chi connectivity index (χ0v) is 18.7. The Hall–Kier alpha value is -0.900. The molecule has 3 N–H and O–H groups in total. The molecule has 0 aliphatic carbocycles. The first-order valence-corrected chi connectivity index (χ1v) is 9.40. The average Bonchev–Trinajstić information content (AvgIpc) is 3.10. The highest BCUT2D eigenvalue weighted by Gasteiger charge is 2.23. The van der Waals surface area contributed by atoms with E-state index in [4.69, 9.17) is 11.6 Å². The molecule has 0 bridgehead atoms. The first kappa shape index (κ1) is 23.1. The molecule has 0 fully saturated rings. The molecule has 0 amide bonds. The average molecular weight is 512 g/mol. The van der Waals surface area contributed by atoms with Gasteiger partial charge in [-0.15, -0.1) is 35.3 Å². The van der Waals surface area contributed by atoms with Crippen molar-refractivity contribution in [1.29, 1.82) is 0 Å². The minimum atomic E-state index is -1.00. The van der Waals surface area contributed by atoms with E-state index in [2.05, 4.69) is 15.6 Å². The zero-order valence-electron chi connectivity index (χ0n) is 14.8. The van der Waals surface area contributed by atoms with Crippen LogP contribution in [0.5, 0.6) is 0 Å². The van der Waals surface area contributed by atoms with Gasteiger partial charge in [0.15, 0.2) is 5.96 Å². The Morgan fingerprint density at radius 2 is 2.12 bits per heavy atom. The molecule has 0 radical (unpaired) electrons. The number of thiophene rings is 1. The number of aliphatic imine (C=N–C) groups is 1. The van der Waals surface area contributed by atoms with Gasteiger partial charge >= 0.3 is 0 Å². The number of hydrogen-bond acceptors (Lipinski definition) is 3. The van der Waals surface area contributed by atoms with Crippen molar-refractivity contribution in [2.24, 2.45) is 4.99 Å². The van der Waals surface area contributed by atoms with Gasteiger partial charge in [-0.1, -0.05) is 23.7 Å². The summed E-state index contributed by atoms with van der Waals surface area (Å²) in [6.45, 7) is 5.29. The fourth-order valence-electron chi connectivity index (χ4n) is 2.28. The highest BCUT2D eigenvalue weighted by molar-refractivity contribution is 14.0. The summed E-state index contributed by atoms with van der Waals surface area (Å²) in [5.74, 6) is 0.282. The van der Waals surface area contributed by atoms with Crippen LogP contribution >= 0.6 is 46.9 Å². The molecular weight excluding hydrogens is 488 g/mol. The van der Waals surface area contributed by atoms with Crippen molar-refractivity contribution < 1.29 is 9.50 Å². The molecule has 2 aromatic rings. The van der Waals surface area contributed by atoms with E-state index in [-0.39, 0.29) is 36.3 Å². The van der Waals surface area contributed by atoms with Gasteiger partial charge in [-0.05, 0) is 49.4 Å². The fraction of sp³-hybridized carbons (Fsp3) is 0.389. The Bertz CT molecular complexity index is 710. The van der Waals surface area contributed by atoms with Gasteiger partial charge in [-0.3, -0.25) is 0 Å². The molecular formula is C18H24ClFIN3OS. The zero-order chi connectivity index (χ0) is 18.3. The van der Waals surface area contributed by atoms with Gasteiger partial charge in [0, 0.05) is 23.0 Å². The van der Waals surface area contributed by atoms with Crippen LogP contribution in [0.25, 0.3) is 0 Å². The Labute approximate surface area is 179 Å². The second-order valence-corrected chi connectivity index (χ2v) is 7.21. The topological polar surface area (TPSA) is 56.7 Å². The summed E-state index contributed by atoms with van der Waals surface area (Å²) in [6.07, 6.45) is 0.644. The van der Waals surface area contributed by atoms with Crippen molar-refractivity contribution >= 4 is 52.9 Å². The normalized spacial score (nSPS) is 13.7. The third kappa shape index (κ3) is 7.02. The fourth-order valence-corrected chi connectivity index (χ4v) is 3.32. The number of nitrogens with zero attached hydrogens (tertiary/aromatic N) is 1. The Balaban J connectivity index is 0.00000338. The Morgan fingerprint density at radius 3 is 2.73 bits per heavy atom. The summed E-state index contributed by atoms with van der Waals surface area (Å²) in [7, 11) is 0. The van der Waals surface area contributed by atoms with Crippen LogP contribution in [0.3, 0.4) is 0 Å². The molecule has 1 atom stereocenters. The van der Waals surface area contributed by atoms with Crippen molar-refractivity contribution in [2.45, 2.75) is 25.9 Å². The summed E-state index contributed by atoms with van der Waals surface area (Å²) < 4.78 is 13.1. The predicted molar refractivity (Wildman–Crippen MR) is 118 cm³/mol. The van der Waals surface area contributed by atoms with E-state index >= 15 is 0 Å². The molecule has 144 valence electrons. The minimum absolute atomic E-state index is 0. The highest BCUT2D eigenvalue weighted by Crippen LogP contribution is 2.25. The first-order chi connectivity index (χ1) is 11.9. The molecule has 0 saturated heterocycles. The molecule has 8 heteroatoms. The number of guanidine groups is 1. The molecule has 1 unspecified atom stereocenters. The van der Waals surface area contributed by atoms with Gasteiger partial charge < -0.3 is 15.7 Å². The molecule has 2 rings (SSSR count). The van der Waals surface area contributed by atoms with Gasteiger partial charge in [-0.2, -0.15) is 0 Å². The third-order valence-electron chi connectivity index (χ3n) is 3.64. The first-order valence-electron chi connectivity index (χ1n) is 8.15. The van der Waals surface area contributed by atoms with Crippen LogP contribution in [0.1, 0.15) is 24.3 Å². The maximum atomic E-state index is 13.1. The molecule has 1 heterocycles. The largest absolute Gasteiger partial charge is 0.383 e. The standard InChI is InChI=1S/C18H23ClFN3OS.HI/c1-3-21-17(23-12-18(2,24)16-5-4-10-25-16)22-9-8-13-6-7-14(20)11-15(13)19;/h4-7,10-11,24H,3,8-9,12H2,1-2H3,(H2,21,22,23);1H. The van der Waals surface area contributed by atoms with Crippen LogP contribution in [0.4, 0.5) is 4.39 Å². The molecule has 0 spiro atoms. The monoisotopic (exact) mass is 511 g/mol. The van der Waals surface area contributed by atoms with Gasteiger partial charge in [0.1, 0.15) is 11.4 Å². The number of nitrogens with one attached hydrogen (secondary N) is 2. The lowest BCUT2D eigenvalue weighted by molar-refractivity contribution is 0.0711. The molecule has 1 aromatic carbocycles. The van der Waals surface area contributed by atoms with E-state index in [9.17, 15) is 9.50 Å². The summed E-state index contributed by atoms with van der Waals surface area (Å²) in [5, 5.41) is 19.3. The van der Waals surface area contributed by atoms with E-state index < -0.39 is 5.60 Å². The summed E-state index contributed by atoms with van der Waals surface area (Å²) in [5.41, 5.74) is -0.131. The van der Waals surface area contributed by atoms with Crippen LogP contribution in [0.2, 0.25) is 5.02 Å². The number of halogens is 3. The third-order valence-corrected chi connectivity index (χ3v) is 5.12. The number of aliphatic hydroxyl groups is 1. The van der Waals surface area contributed by atoms with E-state index in [1.54, 1.807) is 13.0 Å². The van der Waals surface area contributed by atoms with E-state index in [1.807, 2.05) is 24.4 Å². The summed E-state index contributed by atoms with van der Waals surface area (Å²) in [4.78, 5) is 5.35. The van der Waals surface area contributed by atoms with E-state index in [0.29, 0.717) is 30.5 Å². The van der Waals surface area contributed by atoms with Crippen molar-refractivity contribution in [3.05, 3.63) is 57.0 Å². The van der Waals surface area contributed by atoms with Gasteiger partial charge in [0.25, 0.3) is 0 Å². The molecule has 0 aliphatic rings. The molecule has 26 heavy (non-hydrogen) atoms. The molecule has 4 nitrogen and oxygen atoms in total. The lowest BCUT2D eigenvalue weighted by Gasteiger charge is -2.20. The quantitative estimate of drug-likeness (QED) is 0.297. The lowest BCUT2D eigenvalue weighted by Crippen LogP contribution is -2.39. The minimum Gasteiger partial charge on any atom is -0.383 e. The smallest absolute Gasteiger partial charge is 0.191 e. The second-order valence-electron chi connectivity index (χ2n) is 5.86. The van der Waals surface area contributed by atoms with Crippen LogP contribution in [-0.2, 0) is 12.0 Å². The summed E-state index contributed by atoms with van der Waals surface area (Å²) >= 11 is 7.55. The SMILES string of the molecule is CCNC(=NCC(C)(O)c1cccs1)NCCc1ccc(F)cc1Cl.I. The number of benzene rings is 1. The lowest BCUT2D eigenvalue weighted by atomic mass is 10.1. The van der Waals surface area contributed by atoms with Crippen LogP contribution < -0.4 is 10.6 Å². The molecule has 0 aliphatic heterocycles. The van der Waals surface area contributed by atoms with E-state index in [0.717, 1.165) is 10.4 Å². The van der Waals surface area contributed by atoms with Crippen molar-refractivity contribution in [3.8, 4) is 0 Å². The maximum absolute atomic E-state index is 13.1. The van der Waals surface area contributed by atoms with Crippen molar-refractivity contribution in [1.82, 2.24) is 10.6 Å².